The molecular weight excluding hydrogens is 409 g/mol. The summed E-state index contributed by atoms with van der Waals surface area (Å²) in [6, 6.07) is 7.02. The van der Waals surface area contributed by atoms with Crippen LogP contribution in [-0.2, 0) is 13.0 Å². The Bertz CT molecular complexity index is 1080. The van der Waals surface area contributed by atoms with E-state index >= 15 is 0 Å². The zero-order valence-corrected chi connectivity index (χ0v) is 18.8. The number of aromatic nitrogens is 1. The molecule has 2 amide bonds. The van der Waals surface area contributed by atoms with Crippen LogP contribution in [0.15, 0.2) is 41.3 Å². The van der Waals surface area contributed by atoms with Crippen molar-refractivity contribution < 1.29 is 14.0 Å². The molecule has 1 aromatic heterocycles. The van der Waals surface area contributed by atoms with Crippen LogP contribution in [0.5, 0.6) is 0 Å². The van der Waals surface area contributed by atoms with Gasteiger partial charge in [-0.3, -0.25) is 14.4 Å². The van der Waals surface area contributed by atoms with Gasteiger partial charge in [-0.15, -0.1) is 0 Å². The van der Waals surface area contributed by atoms with Crippen LogP contribution in [0.3, 0.4) is 0 Å². The number of hydrogen-bond acceptors (Lipinski definition) is 3. The summed E-state index contributed by atoms with van der Waals surface area (Å²) in [4.78, 5) is 38.2. The van der Waals surface area contributed by atoms with E-state index in [1.54, 1.807) is 0 Å². The average molecular weight is 440 g/mol. The second-order valence-corrected chi connectivity index (χ2v) is 8.05. The minimum absolute atomic E-state index is 0.102. The van der Waals surface area contributed by atoms with Crippen LogP contribution < -0.4 is 16.2 Å². The van der Waals surface area contributed by atoms with Gasteiger partial charge < -0.3 is 15.2 Å². The van der Waals surface area contributed by atoms with Crippen molar-refractivity contribution in [1.29, 1.82) is 0 Å². The number of allylic oxidation sites excluding steroid dienone is 1. The molecule has 32 heavy (non-hydrogen) atoms. The number of rotatable bonds is 8. The molecular formula is C25H30FN3O3. The maximum atomic E-state index is 13.1. The highest BCUT2D eigenvalue weighted by Crippen LogP contribution is 2.23. The molecule has 0 aliphatic heterocycles. The molecule has 0 atom stereocenters. The van der Waals surface area contributed by atoms with Crippen molar-refractivity contribution in [3.05, 3.63) is 74.7 Å². The lowest BCUT2D eigenvalue weighted by Crippen LogP contribution is -2.45. The molecule has 0 unspecified atom stereocenters. The largest absolute Gasteiger partial charge is 0.355 e. The molecule has 2 aromatic rings. The lowest BCUT2D eigenvalue weighted by Gasteiger charge is -2.30. The molecule has 0 radical (unpaired) electrons. The monoisotopic (exact) mass is 439 g/mol. The number of carbonyl (C=O) groups excluding carboxylic acids is 2. The van der Waals surface area contributed by atoms with Gasteiger partial charge in [-0.2, -0.15) is 0 Å². The van der Waals surface area contributed by atoms with Crippen LogP contribution in [0.1, 0.15) is 70.5 Å². The van der Waals surface area contributed by atoms with Crippen LogP contribution in [0.2, 0.25) is 0 Å². The van der Waals surface area contributed by atoms with E-state index in [0.29, 0.717) is 0 Å². The van der Waals surface area contributed by atoms with Crippen LogP contribution in [0.25, 0.3) is 6.08 Å². The number of halogens is 1. The topological polar surface area (TPSA) is 80.2 Å². The van der Waals surface area contributed by atoms with Crippen molar-refractivity contribution in [1.82, 2.24) is 15.2 Å². The van der Waals surface area contributed by atoms with Crippen LogP contribution in [0.4, 0.5) is 4.39 Å². The second kappa shape index (κ2) is 10.4. The van der Waals surface area contributed by atoms with Crippen molar-refractivity contribution in [2.75, 3.05) is 7.05 Å². The van der Waals surface area contributed by atoms with E-state index in [1.807, 2.05) is 12.1 Å². The van der Waals surface area contributed by atoms with Gasteiger partial charge >= 0.3 is 0 Å². The predicted molar refractivity (Wildman–Crippen MR) is 124 cm³/mol. The summed E-state index contributed by atoms with van der Waals surface area (Å²) in [5.41, 5.74) is 2.75. The Morgan fingerprint density at radius 3 is 2.53 bits per heavy atom. The molecule has 1 fully saturated rings. The summed E-state index contributed by atoms with van der Waals surface area (Å²) in [6.07, 6.45) is 6.99. The molecule has 0 bridgehead atoms. The summed E-state index contributed by atoms with van der Waals surface area (Å²) in [6.45, 7) is 4.35. The number of aryl methyl sites for hydroxylation is 1. The van der Waals surface area contributed by atoms with Gasteiger partial charge in [0.1, 0.15) is 11.7 Å². The first kappa shape index (κ1) is 23.4. The summed E-state index contributed by atoms with van der Waals surface area (Å²) < 4.78 is 14.5. The van der Waals surface area contributed by atoms with Gasteiger partial charge in [0.25, 0.3) is 17.4 Å². The van der Waals surface area contributed by atoms with Crippen LogP contribution in [0, 0.1) is 0 Å². The highest BCUT2D eigenvalue weighted by molar-refractivity contribution is 5.99. The number of nitrogens with zero attached hydrogens (tertiary/aromatic N) is 1. The van der Waals surface area contributed by atoms with E-state index < -0.39 is 23.5 Å². The van der Waals surface area contributed by atoms with E-state index in [0.717, 1.165) is 29.5 Å². The number of alkyl halides is 1. The SMILES string of the molecule is CC/C=C\c1c(CC)cccc1Cn1cc(C(=O)NC2CC(F)C2)cc(C(=O)NC)c1=O. The smallest absolute Gasteiger partial charge is 0.263 e. The fourth-order valence-corrected chi connectivity index (χ4v) is 3.86. The molecule has 1 aromatic carbocycles. The lowest BCUT2D eigenvalue weighted by molar-refractivity contribution is 0.0859. The molecule has 6 nitrogen and oxygen atoms in total. The van der Waals surface area contributed by atoms with Crippen molar-refractivity contribution >= 4 is 17.9 Å². The fraction of sp³-hybridized carbons (Fsp3) is 0.400. The first-order valence-corrected chi connectivity index (χ1v) is 11.1. The van der Waals surface area contributed by atoms with Gasteiger partial charge in [0.2, 0.25) is 0 Å². The molecule has 1 saturated carbocycles. The number of carbonyl (C=O) groups is 2. The Labute approximate surface area is 187 Å². The minimum atomic E-state index is -0.892. The van der Waals surface area contributed by atoms with Gasteiger partial charge in [0, 0.05) is 19.3 Å². The summed E-state index contributed by atoms with van der Waals surface area (Å²) in [5, 5.41) is 5.24. The summed E-state index contributed by atoms with van der Waals surface area (Å²) >= 11 is 0. The van der Waals surface area contributed by atoms with Gasteiger partial charge in [-0.05, 0) is 48.4 Å². The van der Waals surface area contributed by atoms with Crippen LogP contribution >= 0.6 is 0 Å². The molecule has 1 aliphatic rings. The normalized spacial score (nSPS) is 17.8. The number of nitrogens with one attached hydrogen (secondary N) is 2. The Balaban J connectivity index is 2.02. The van der Waals surface area contributed by atoms with Gasteiger partial charge in [-0.1, -0.05) is 44.2 Å². The zero-order valence-electron chi connectivity index (χ0n) is 18.8. The average Bonchev–Trinajstić information content (AvgIpc) is 2.77. The lowest BCUT2D eigenvalue weighted by atomic mass is 9.90. The molecule has 3 rings (SSSR count). The highest BCUT2D eigenvalue weighted by atomic mass is 19.1. The fourth-order valence-electron chi connectivity index (χ4n) is 3.86. The van der Waals surface area contributed by atoms with E-state index in [2.05, 4.69) is 42.7 Å². The standard InChI is InChI=1S/C25H30FN3O3/c1-4-6-10-21-16(5-2)8-7-9-17(21)14-29-15-18(11-22(25(29)32)24(31)27-3)23(30)28-20-12-19(26)13-20/h6-11,15,19-20H,4-5,12-14H2,1-3H3,(H,27,31)(H,28,30)/b10-6-. The van der Waals surface area contributed by atoms with Crippen molar-refractivity contribution in [3.8, 4) is 0 Å². The van der Waals surface area contributed by atoms with E-state index in [-0.39, 0.29) is 36.6 Å². The quantitative estimate of drug-likeness (QED) is 0.661. The van der Waals surface area contributed by atoms with E-state index in [1.165, 1.54) is 23.9 Å². The van der Waals surface area contributed by atoms with Gasteiger partial charge in [0.15, 0.2) is 0 Å². The Morgan fingerprint density at radius 2 is 1.91 bits per heavy atom. The number of amides is 2. The van der Waals surface area contributed by atoms with E-state index in [9.17, 15) is 18.8 Å². The van der Waals surface area contributed by atoms with Gasteiger partial charge in [-0.25, -0.2) is 4.39 Å². The second-order valence-electron chi connectivity index (χ2n) is 8.05. The number of benzene rings is 1. The molecule has 2 N–H and O–H groups in total. The molecule has 1 heterocycles. The maximum Gasteiger partial charge on any atom is 0.263 e. The van der Waals surface area contributed by atoms with Crippen molar-refractivity contribution in [2.45, 2.75) is 58.3 Å². The highest BCUT2D eigenvalue weighted by Gasteiger charge is 2.30. The van der Waals surface area contributed by atoms with Crippen LogP contribution in [-0.4, -0.2) is 35.6 Å². The Kier molecular flexibility index (Phi) is 7.62. The first-order valence-electron chi connectivity index (χ1n) is 11.1. The first-order chi connectivity index (χ1) is 15.4. The molecule has 170 valence electrons. The Hall–Kier alpha value is -3.22. The maximum absolute atomic E-state index is 13.1. The van der Waals surface area contributed by atoms with Crippen molar-refractivity contribution in [3.63, 3.8) is 0 Å². The molecule has 0 spiro atoms. The third-order valence-corrected chi connectivity index (χ3v) is 5.76. The van der Waals surface area contributed by atoms with E-state index in [4.69, 9.17) is 0 Å². The van der Waals surface area contributed by atoms with Gasteiger partial charge in [0.05, 0.1) is 12.1 Å². The summed E-state index contributed by atoms with van der Waals surface area (Å²) in [5.74, 6) is -0.978. The number of pyridine rings is 1. The predicted octanol–water partition coefficient (Wildman–Crippen LogP) is 3.47. The van der Waals surface area contributed by atoms with Crippen molar-refractivity contribution in [2.24, 2.45) is 0 Å². The molecule has 0 saturated heterocycles. The summed E-state index contributed by atoms with van der Waals surface area (Å²) in [7, 11) is 1.44. The molecule has 7 heteroatoms. The number of hydrogen-bond donors (Lipinski definition) is 2. The zero-order chi connectivity index (χ0) is 23.3. The Morgan fingerprint density at radius 1 is 1.19 bits per heavy atom. The third kappa shape index (κ3) is 5.15. The minimum Gasteiger partial charge on any atom is -0.355 e. The molecule has 1 aliphatic carbocycles. The third-order valence-electron chi connectivity index (χ3n) is 5.76.